The first-order valence-corrected chi connectivity index (χ1v) is 9.34. The van der Waals surface area contributed by atoms with E-state index in [0.717, 1.165) is 57.8 Å². The summed E-state index contributed by atoms with van der Waals surface area (Å²) in [5.41, 5.74) is 1.05. The zero-order chi connectivity index (χ0) is 16.4. The molecule has 1 aromatic heterocycles. The lowest BCUT2D eigenvalue weighted by Crippen LogP contribution is -2.54. The summed E-state index contributed by atoms with van der Waals surface area (Å²) in [6.07, 6.45) is 2.27. The van der Waals surface area contributed by atoms with Crippen LogP contribution in [-0.2, 0) is 11.3 Å². The van der Waals surface area contributed by atoms with E-state index in [4.69, 9.17) is 0 Å². The van der Waals surface area contributed by atoms with Crippen LogP contribution in [0.5, 0.6) is 0 Å². The van der Waals surface area contributed by atoms with Crippen molar-refractivity contribution in [3.63, 3.8) is 0 Å². The highest BCUT2D eigenvalue weighted by molar-refractivity contribution is 7.07. The molecule has 2 heterocycles. The van der Waals surface area contributed by atoms with Crippen LogP contribution in [0.4, 0.5) is 0 Å². The van der Waals surface area contributed by atoms with Crippen LogP contribution in [0.1, 0.15) is 25.5 Å². The number of hydrogen-bond acceptors (Lipinski definition) is 5. The molecule has 1 saturated carbocycles. The van der Waals surface area contributed by atoms with Gasteiger partial charge in [0, 0.05) is 56.4 Å². The van der Waals surface area contributed by atoms with E-state index < -0.39 is 0 Å². The van der Waals surface area contributed by atoms with Crippen molar-refractivity contribution in [2.45, 2.75) is 45.3 Å². The minimum absolute atomic E-state index is 0.0421. The number of aryl methyl sites for hydroxylation is 1. The van der Waals surface area contributed by atoms with Gasteiger partial charge < -0.3 is 9.88 Å². The Morgan fingerprint density at radius 2 is 2.00 bits per heavy atom. The fourth-order valence-electron chi connectivity index (χ4n) is 3.01. The summed E-state index contributed by atoms with van der Waals surface area (Å²) in [4.78, 5) is 28.6. The van der Waals surface area contributed by atoms with E-state index in [-0.39, 0.29) is 16.8 Å². The van der Waals surface area contributed by atoms with Gasteiger partial charge in [-0.1, -0.05) is 11.3 Å². The van der Waals surface area contributed by atoms with Crippen molar-refractivity contribution in [3.8, 4) is 0 Å². The number of thiazole rings is 1. The van der Waals surface area contributed by atoms with Crippen LogP contribution in [0.25, 0.3) is 0 Å². The van der Waals surface area contributed by atoms with Gasteiger partial charge in [-0.2, -0.15) is 0 Å². The molecule has 6 nitrogen and oxygen atoms in total. The van der Waals surface area contributed by atoms with Gasteiger partial charge in [-0.25, -0.2) is 0 Å². The lowest BCUT2D eigenvalue weighted by molar-refractivity contribution is -0.126. The predicted octanol–water partition coefficient (Wildman–Crippen LogP) is 0.503. The third-order valence-corrected chi connectivity index (χ3v) is 5.76. The summed E-state index contributed by atoms with van der Waals surface area (Å²) < 4.78 is 1.85. The van der Waals surface area contributed by atoms with Crippen LogP contribution in [-0.4, -0.2) is 65.1 Å². The molecule has 1 aliphatic carbocycles. The molecular formula is C16H26N4O2S. The molecule has 0 bridgehead atoms. The summed E-state index contributed by atoms with van der Waals surface area (Å²) >= 11 is 1.27. The minimum Gasteiger partial charge on any atom is -0.352 e. The van der Waals surface area contributed by atoms with E-state index in [9.17, 15) is 9.59 Å². The maximum Gasteiger partial charge on any atom is 0.307 e. The van der Waals surface area contributed by atoms with Gasteiger partial charge in [0.15, 0.2) is 0 Å². The van der Waals surface area contributed by atoms with E-state index in [1.54, 1.807) is 0 Å². The second kappa shape index (κ2) is 7.15. The Balaban J connectivity index is 1.43. The molecule has 3 rings (SSSR count). The Morgan fingerprint density at radius 3 is 2.57 bits per heavy atom. The third-order valence-electron chi connectivity index (χ3n) is 4.87. The lowest BCUT2D eigenvalue weighted by Gasteiger charge is -2.37. The zero-order valence-electron chi connectivity index (χ0n) is 14.0. The summed E-state index contributed by atoms with van der Waals surface area (Å²) in [5.74, 6) is 0.168. The maximum absolute atomic E-state index is 12.1. The number of hydrogen-bond donors (Lipinski definition) is 1. The highest BCUT2D eigenvalue weighted by Gasteiger charge is 2.29. The third kappa shape index (κ3) is 4.22. The molecule has 1 aliphatic heterocycles. The number of carbonyl (C=O) groups is 1. The smallest absolute Gasteiger partial charge is 0.307 e. The van der Waals surface area contributed by atoms with Crippen LogP contribution in [0.2, 0.25) is 0 Å². The molecule has 128 valence electrons. The van der Waals surface area contributed by atoms with Gasteiger partial charge >= 0.3 is 4.87 Å². The van der Waals surface area contributed by atoms with Crippen molar-refractivity contribution in [3.05, 3.63) is 20.7 Å². The maximum atomic E-state index is 12.1. The number of piperazine rings is 1. The van der Waals surface area contributed by atoms with E-state index >= 15 is 0 Å². The second-order valence-corrected chi connectivity index (χ2v) is 7.45. The quantitative estimate of drug-likeness (QED) is 0.821. The first-order chi connectivity index (χ1) is 11.0. The SMILES string of the molecule is Cc1csc(=O)n1CCN1CCN(C(C)C(=O)NC2CC2)CC1. The summed E-state index contributed by atoms with van der Waals surface area (Å²) in [6, 6.07) is 0.387. The molecule has 7 heteroatoms. The Kier molecular flexibility index (Phi) is 5.18. The molecule has 1 unspecified atom stereocenters. The Morgan fingerprint density at radius 1 is 1.30 bits per heavy atom. The first-order valence-electron chi connectivity index (χ1n) is 8.46. The standard InChI is InChI=1S/C16H26N4O2S/c1-12-11-23-16(22)20(12)10-7-18-5-8-19(9-6-18)13(2)15(21)17-14-3-4-14/h11,13-14H,3-10H2,1-2H3,(H,17,21). The van der Waals surface area contributed by atoms with Crippen molar-refractivity contribution in [2.24, 2.45) is 0 Å². The van der Waals surface area contributed by atoms with Crippen LogP contribution in [0, 0.1) is 6.92 Å². The Bertz CT molecular complexity index is 599. The van der Waals surface area contributed by atoms with E-state index in [0.29, 0.717) is 6.04 Å². The summed E-state index contributed by atoms with van der Waals surface area (Å²) in [6.45, 7) is 9.38. The molecule has 1 saturated heterocycles. The van der Waals surface area contributed by atoms with Gasteiger partial charge in [-0.15, -0.1) is 0 Å². The number of nitrogens with one attached hydrogen (secondary N) is 1. The fraction of sp³-hybridized carbons (Fsp3) is 0.750. The molecule has 1 N–H and O–H groups in total. The van der Waals surface area contributed by atoms with Gasteiger partial charge in [0.25, 0.3) is 0 Å². The van der Waals surface area contributed by atoms with Crippen LogP contribution < -0.4 is 10.2 Å². The Labute approximate surface area is 141 Å². The van der Waals surface area contributed by atoms with Crippen molar-refractivity contribution in [1.82, 2.24) is 19.7 Å². The van der Waals surface area contributed by atoms with E-state index in [1.165, 1.54) is 11.3 Å². The molecule has 2 aliphatic rings. The molecule has 23 heavy (non-hydrogen) atoms. The molecule has 1 amide bonds. The molecule has 1 atom stereocenters. The number of nitrogens with zero attached hydrogens (tertiary/aromatic N) is 3. The minimum atomic E-state index is -0.0421. The monoisotopic (exact) mass is 338 g/mol. The van der Waals surface area contributed by atoms with Crippen molar-refractivity contribution in [2.75, 3.05) is 32.7 Å². The molecule has 1 aromatic rings. The van der Waals surface area contributed by atoms with Crippen LogP contribution >= 0.6 is 11.3 Å². The molecular weight excluding hydrogens is 312 g/mol. The van der Waals surface area contributed by atoms with Gasteiger partial charge in [-0.3, -0.25) is 19.4 Å². The fourth-order valence-corrected chi connectivity index (χ4v) is 3.77. The van der Waals surface area contributed by atoms with Crippen LogP contribution in [0.15, 0.2) is 10.2 Å². The highest BCUT2D eigenvalue weighted by atomic mass is 32.1. The lowest BCUT2D eigenvalue weighted by atomic mass is 10.2. The van der Waals surface area contributed by atoms with Gasteiger partial charge in [0.1, 0.15) is 0 Å². The van der Waals surface area contributed by atoms with Crippen molar-refractivity contribution >= 4 is 17.2 Å². The average Bonchev–Trinajstić information content (AvgIpc) is 3.31. The second-order valence-electron chi connectivity index (χ2n) is 6.63. The van der Waals surface area contributed by atoms with Crippen molar-refractivity contribution < 1.29 is 4.79 Å². The first kappa shape index (κ1) is 16.7. The van der Waals surface area contributed by atoms with Gasteiger partial charge in [0.2, 0.25) is 5.91 Å². The number of rotatable bonds is 6. The molecule has 0 aromatic carbocycles. The molecule has 0 radical (unpaired) electrons. The highest BCUT2D eigenvalue weighted by Crippen LogP contribution is 2.19. The number of aromatic nitrogens is 1. The molecule has 2 fully saturated rings. The number of carbonyl (C=O) groups excluding carboxylic acids is 1. The summed E-state index contributed by atoms with van der Waals surface area (Å²) in [5, 5.41) is 5.00. The normalized spacial score (nSPS) is 21.3. The van der Waals surface area contributed by atoms with Gasteiger partial charge in [-0.05, 0) is 26.7 Å². The summed E-state index contributed by atoms with van der Waals surface area (Å²) in [7, 11) is 0. The largest absolute Gasteiger partial charge is 0.352 e. The number of amides is 1. The Hall–Kier alpha value is -1.18. The predicted molar refractivity (Wildman–Crippen MR) is 92.0 cm³/mol. The van der Waals surface area contributed by atoms with E-state index in [2.05, 4.69) is 15.1 Å². The zero-order valence-corrected chi connectivity index (χ0v) is 14.8. The molecule has 0 spiro atoms. The topological polar surface area (TPSA) is 57.6 Å². The average molecular weight is 338 g/mol. The van der Waals surface area contributed by atoms with E-state index in [1.807, 2.05) is 23.8 Å². The van der Waals surface area contributed by atoms with Crippen molar-refractivity contribution in [1.29, 1.82) is 0 Å². The van der Waals surface area contributed by atoms with Crippen LogP contribution in [0.3, 0.4) is 0 Å². The van der Waals surface area contributed by atoms with Gasteiger partial charge in [0.05, 0.1) is 6.04 Å².